The van der Waals surface area contributed by atoms with Crippen molar-refractivity contribution in [2.75, 3.05) is 12.3 Å². The Morgan fingerprint density at radius 2 is 2.17 bits per heavy atom. The molecule has 0 saturated heterocycles. The first kappa shape index (κ1) is 7.47. The lowest BCUT2D eigenvalue weighted by Gasteiger charge is -2.08. The Hall–Kier alpha value is -1.18. The molecule has 0 aliphatic carbocycles. The van der Waals surface area contributed by atoms with Crippen molar-refractivity contribution in [3.63, 3.8) is 0 Å². The summed E-state index contributed by atoms with van der Waals surface area (Å²) < 4.78 is 5.46. The van der Waals surface area contributed by atoms with Gasteiger partial charge in [0.15, 0.2) is 0 Å². The predicted octanol–water partition coefficient (Wildman–Crippen LogP) is 1.82. The van der Waals surface area contributed by atoms with Crippen LogP contribution in [0.1, 0.15) is 16.7 Å². The summed E-state index contributed by atoms with van der Waals surface area (Å²) in [5.41, 5.74) is 10.4. The zero-order chi connectivity index (χ0) is 8.72. The van der Waals surface area contributed by atoms with Crippen molar-refractivity contribution in [1.82, 2.24) is 0 Å². The van der Waals surface area contributed by atoms with Crippen LogP contribution in [0, 0.1) is 13.8 Å². The topological polar surface area (TPSA) is 35.2 Å². The molecule has 0 saturated carbocycles. The molecule has 0 bridgehead atoms. The van der Waals surface area contributed by atoms with Crippen LogP contribution in [0.25, 0.3) is 0 Å². The van der Waals surface area contributed by atoms with Gasteiger partial charge in [-0.3, -0.25) is 0 Å². The predicted molar refractivity (Wildman–Crippen MR) is 49.5 cm³/mol. The molecule has 12 heavy (non-hydrogen) atoms. The molecule has 1 aliphatic heterocycles. The SMILES string of the molecule is Cc1cc2c(c(C)c1N)CCO2. The average Bonchev–Trinajstić information content (AvgIpc) is 2.48. The molecule has 0 aromatic heterocycles. The van der Waals surface area contributed by atoms with Crippen LogP contribution in [0.3, 0.4) is 0 Å². The quantitative estimate of drug-likeness (QED) is 0.592. The third-order valence-corrected chi connectivity index (χ3v) is 2.54. The Labute approximate surface area is 72.3 Å². The van der Waals surface area contributed by atoms with Gasteiger partial charge >= 0.3 is 0 Å². The molecule has 0 fully saturated rings. The van der Waals surface area contributed by atoms with Crippen molar-refractivity contribution >= 4 is 5.69 Å². The van der Waals surface area contributed by atoms with Crippen LogP contribution >= 0.6 is 0 Å². The number of nitrogens with two attached hydrogens (primary N) is 1. The van der Waals surface area contributed by atoms with Crippen LogP contribution in [0.5, 0.6) is 5.75 Å². The van der Waals surface area contributed by atoms with E-state index < -0.39 is 0 Å². The van der Waals surface area contributed by atoms with Gasteiger partial charge in [0, 0.05) is 17.7 Å². The van der Waals surface area contributed by atoms with Crippen molar-refractivity contribution in [2.45, 2.75) is 20.3 Å². The Kier molecular flexibility index (Phi) is 1.50. The first-order valence-electron chi connectivity index (χ1n) is 4.21. The molecule has 1 aliphatic rings. The molecule has 0 amide bonds. The molecule has 1 heterocycles. The number of benzene rings is 1. The van der Waals surface area contributed by atoms with Crippen LogP contribution in [-0.2, 0) is 6.42 Å². The number of ether oxygens (including phenoxy) is 1. The minimum Gasteiger partial charge on any atom is -0.493 e. The Morgan fingerprint density at radius 1 is 1.42 bits per heavy atom. The minimum absolute atomic E-state index is 0.805. The van der Waals surface area contributed by atoms with E-state index in [2.05, 4.69) is 6.92 Å². The second kappa shape index (κ2) is 2.41. The molecule has 0 unspecified atom stereocenters. The summed E-state index contributed by atoms with van der Waals surface area (Å²) in [5, 5.41) is 0. The van der Waals surface area contributed by atoms with Crippen LogP contribution in [-0.4, -0.2) is 6.61 Å². The Balaban J connectivity index is 2.67. The highest BCUT2D eigenvalue weighted by atomic mass is 16.5. The van der Waals surface area contributed by atoms with Crippen molar-refractivity contribution in [2.24, 2.45) is 0 Å². The number of hydrogen-bond acceptors (Lipinski definition) is 2. The molecule has 2 rings (SSSR count). The molecule has 0 radical (unpaired) electrons. The van der Waals surface area contributed by atoms with E-state index in [-0.39, 0.29) is 0 Å². The summed E-state index contributed by atoms with van der Waals surface area (Å²) in [5.74, 6) is 1.03. The molecule has 0 spiro atoms. The van der Waals surface area contributed by atoms with Gasteiger partial charge in [-0.25, -0.2) is 0 Å². The molecule has 64 valence electrons. The largest absolute Gasteiger partial charge is 0.493 e. The summed E-state index contributed by atoms with van der Waals surface area (Å²) >= 11 is 0. The van der Waals surface area contributed by atoms with E-state index in [0.717, 1.165) is 30.0 Å². The van der Waals surface area contributed by atoms with Crippen LogP contribution in [0.4, 0.5) is 5.69 Å². The highest BCUT2D eigenvalue weighted by molar-refractivity contribution is 5.61. The molecule has 1 aromatic carbocycles. The van der Waals surface area contributed by atoms with Crippen molar-refractivity contribution in [1.29, 1.82) is 0 Å². The fourth-order valence-corrected chi connectivity index (χ4v) is 1.71. The molecule has 2 nitrogen and oxygen atoms in total. The van der Waals surface area contributed by atoms with Crippen molar-refractivity contribution < 1.29 is 4.74 Å². The maximum Gasteiger partial charge on any atom is 0.123 e. The lowest BCUT2D eigenvalue weighted by Crippen LogP contribution is -1.96. The van der Waals surface area contributed by atoms with Gasteiger partial charge in [-0.1, -0.05) is 0 Å². The van der Waals surface area contributed by atoms with Gasteiger partial charge < -0.3 is 10.5 Å². The number of aryl methyl sites for hydroxylation is 1. The van der Waals surface area contributed by atoms with Gasteiger partial charge in [-0.2, -0.15) is 0 Å². The van der Waals surface area contributed by atoms with Gasteiger partial charge in [0.2, 0.25) is 0 Å². The lowest BCUT2D eigenvalue weighted by molar-refractivity contribution is 0.356. The van der Waals surface area contributed by atoms with E-state index in [9.17, 15) is 0 Å². The monoisotopic (exact) mass is 163 g/mol. The van der Waals surface area contributed by atoms with Crippen LogP contribution < -0.4 is 10.5 Å². The zero-order valence-electron chi connectivity index (χ0n) is 7.48. The molecule has 2 N–H and O–H groups in total. The van der Waals surface area contributed by atoms with E-state index >= 15 is 0 Å². The maximum absolute atomic E-state index is 5.90. The van der Waals surface area contributed by atoms with Gasteiger partial charge in [-0.05, 0) is 31.0 Å². The van der Waals surface area contributed by atoms with E-state index in [1.165, 1.54) is 11.1 Å². The fourth-order valence-electron chi connectivity index (χ4n) is 1.71. The van der Waals surface area contributed by atoms with Gasteiger partial charge in [0.1, 0.15) is 5.75 Å². The highest BCUT2D eigenvalue weighted by Crippen LogP contribution is 2.33. The number of nitrogen functional groups attached to an aromatic ring is 1. The fraction of sp³-hybridized carbons (Fsp3) is 0.400. The summed E-state index contributed by atoms with van der Waals surface area (Å²) in [4.78, 5) is 0. The van der Waals surface area contributed by atoms with E-state index in [4.69, 9.17) is 10.5 Å². The molecule has 1 aromatic rings. The van der Waals surface area contributed by atoms with E-state index in [1.54, 1.807) is 0 Å². The van der Waals surface area contributed by atoms with E-state index in [0.29, 0.717) is 0 Å². The smallest absolute Gasteiger partial charge is 0.123 e. The Bertz CT molecular complexity index is 331. The molecule has 2 heteroatoms. The third kappa shape index (κ3) is 0.876. The van der Waals surface area contributed by atoms with Crippen LogP contribution in [0.15, 0.2) is 6.07 Å². The number of anilines is 1. The van der Waals surface area contributed by atoms with Crippen LogP contribution in [0.2, 0.25) is 0 Å². The summed E-state index contributed by atoms with van der Waals surface area (Å²) in [6.45, 7) is 4.89. The van der Waals surface area contributed by atoms with Gasteiger partial charge in [-0.15, -0.1) is 0 Å². The zero-order valence-corrected chi connectivity index (χ0v) is 7.48. The van der Waals surface area contributed by atoms with E-state index in [1.807, 2.05) is 13.0 Å². The summed E-state index contributed by atoms with van der Waals surface area (Å²) in [6.07, 6.45) is 1.01. The number of fused-ring (bicyclic) bond motifs is 1. The minimum atomic E-state index is 0.805. The normalized spacial score (nSPS) is 14.2. The number of rotatable bonds is 0. The second-order valence-electron chi connectivity index (χ2n) is 3.31. The first-order valence-corrected chi connectivity index (χ1v) is 4.21. The summed E-state index contributed by atoms with van der Waals surface area (Å²) in [7, 11) is 0. The summed E-state index contributed by atoms with van der Waals surface area (Å²) in [6, 6.07) is 2.03. The number of hydrogen-bond donors (Lipinski definition) is 1. The van der Waals surface area contributed by atoms with Gasteiger partial charge in [0.05, 0.1) is 6.61 Å². The third-order valence-electron chi connectivity index (χ3n) is 2.54. The standard InChI is InChI=1S/C10H13NO/c1-6-5-9-8(3-4-12-9)7(2)10(6)11/h5H,3-4,11H2,1-2H3. The molecule has 0 atom stereocenters. The van der Waals surface area contributed by atoms with Crippen molar-refractivity contribution in [3.05, 3.63) is 22.8 Å². The molecular weight excluding hydrogens is 150 g/mol. The lowest BCUT2D eigenvalue weighted by atomic mass is 10.0. The van der Waals surface area contributed by atoms with Gasteiger partial charge in [0.25, 0.3) is 0 Å². The molecular formula is C10H13NO. The average molecular weight is 163 g/mol. The van der Waals surface area contributed by atoms with Crippen molar-refractivity contribution in [3.8, 4) is 5.75 Å². The maximum atomic E-state index is 5.90. The highest BCUT2D eigenvalue weighted by Gasteiger charge is 2.16. The Morgan fingerprint density at radius 3 is 2.92 bits per heavy atom. The second-order valence-corrected chi connectivity index (χ2v) is 3.31. The first-order chi connectivity index (χ1) is 5.70.